The molecule has 0 unspecified atom stereocenters. The van der Waals surface area contributed by atoms with E-state index in [2.05, 4.69) is 52.4 Å². The van der Waals surface area contributed by atoms with E-state index in [1.165, 1.54) is 18.4 Å². The predicted octanol–water partition coefficient (Wildman–Crippen LogP) is 6.88. The first-order valence-corrected chi connectivity index (χ1v) is 14.8. The van der Waals surface area contributed by atoms with Gasteiger partial charge in [0.1, 0.15) is 16.6 Å². The zero-order valence-corrected chi connectivity index (χ0v) is 25.4. The van der Waals surface area contributed by atoms with Crippen molar-refractivity contribution in [2.75, 3.05) is 17.7 Å². The molecule has 8 nitrogen and oxygen atoms in total. The Morgan fingerprint density at radius 1 is 1.22 bits per heavy atom. The minimum atomic E-state index is -4.61. The third-order valence-electron chi connectivity index (χ3n) is 7.99. The number of rotatable bonds is 5. The third-order valence-corrected chi connectivity index (χ3v) is 9.91. The highest BCUT2D eigenvalue weighted by atomic mass is 79.9. The van der Waals surface area contributed by atoms with Gasteiger partial charge in [0.25, 0.3) is 11.8 Å². The van der Waals surface area contributed by atoms with Crippen LogP contribution in [-0.4, -0.2) is 34.9 Å². The molecular formula is C28H31BrF3N5O3S. The van der Waals surface area contributed by atoms with Crippen LogP contribution in [0.2, 0.25) is 0 Å². The van der Waals surface area contributed by atoms with Crippen LogP contribution in [0.1, 0.15) is 82.5 Å². The lowest BCUT2D eigenvalue weighted by Crippen LogP contribution is -2.35. The number of nitrogens with one attached hydrogen (secondary N) is 2. The Labute approximate surface area is 247 Å². The molecule has 41 heavy (non-hydrogen) atoms. The molecule has 0 spiro atoms. The lowest BCUT2D eigenvalue weighted by molar-refractivity contribution is -0.173. The first-order chi connectivity index (χ1) is 19.2. The first-order valence-electron chi connectivity index (χ1n) is 13.2. The van der Waals surface area contributed by atoms with Crippen molar-refractivity contribution < 1.29 is 27.5 Å². The summed E-state index contributed by atoms with van der Waals surface area (Å²) >= 11 is 4.61. The molecule has 3 aromatic rings. The number of benzene rings is 1. The van der Waals surface area contributed by atoms with Crippen molar-refractivity contribution in [2.45, 2.75) is 64.7 Å². The molecule has 3 heterocycles. The average Bonchev–Trinajstić information content (AvgIpc) is 3.43. The Hall–Kier alpha value is -3.06. The number of fused-ring (bicyclic) bond motifs is 2. The molecule has 0 saturated carbocycles. The van der Waals surface area contributed by atoms with Gasteiger partial charge < -0.3 is 21.1 Å². The van der Waals surface area contributed by atoms with Crippen molar-refractivity contribution in [3.8, 4) is 5.75 Å². The molecule has 2 aliphatic rings. The zero-order chi connectivity index (χ0) is 29.9. The third kappa shape index (κ3) is 5.57. The number of ether oxygens (including phenoxy) is 1. The van der Waals surface area contributed by atoms with Gasteiger partial charge in [-0.2, -0.15) is 18.3 Å². The molecule has 0 radical (unpaired) electrons. The average molecular weight is 655 g/mol. The van der Waals surface area contributed by atoms with Crippen LogP contribution in [-0.2, 0) is 12.8 Å². The van der Waals surface area contributed by atoms with Gasteiger partial charge in [-0.25, -0.2) is 4.68 Å². The molecule has 5 rings (SSSR count). The summed E-state index contributed by atoms with van der Waals surface area (Å²) in [5, 5.41) is 10.2. The number of aromatic nitrogens is 2. The van der Waals surface area contributed by atoms with Crippen LogP contribution in [0.25, 0.3) is 0 Å². The van der Waals surface area contributed by atoms with Gasteiger partial charge in [-0.1, -0.05) is 32.9 Å². The van der Waals surface area contributed by atoms with E-state index in [1.807, 2.05) is 0 Å². The summed E-state index contributed by atoms with van der Waals surface area (Å²) in [7, 11) is 1.51. The van der Waals surface area contributed by atoms with Crippen molar-refractivity contribution in [3.05, 3.63) is 56.0 Å². The molecule has 3 atom stereocenters. The molecule has 1 aromatic carbocycles. The molecule has 0 bridgehead atoms. The fraction of sp³-hybridized carbons (Fsp3) is 0.464. The lowest BCUT2D eigenvalue weighted by Gasteiger charge is -2.33. The summed E-state index contributed by atoms with van der Waals surface area (Å²) in [6.07, 6.45) is -2.63. The molecule has 2 amide bonds. The SMILES string of the molecule is COc1ccc([C@@H]2C[C@H](C(F)(F)F)n3nc(C(=O)Nc4sc5c(c4C(N)=O)CC[C@@H](C(C)(C)C)C5)c(Br)c3N2)cc1. The Balaban J connectivity index is 1.47. The quantitative estimate of drug-likeness (QED) is 0.278. The lowest BCUT2D eigenvalue weighted by atomic mass is 9.72. The molecule has 13 heteroatoms. The van der Waals surface area contributed by atoms with Gasteiger partial charge in [0.15, 0.2) is 11.7 Å². The van der Waals surface area contributed by atoms with Crippen molar-refractivity contribution in [2.24, 2.45) is 17.1 Å². The number of amides is 2. The Morgan fingerprint density at radius 2 is 1.90 bits per heavy atom. The van der Waals surface area contributed by atoms with Crippen LogP contribution in [0, 0.1) is 11.3 Å². The Kier molecular flexibility index (Phi) is 7.64. The Morgan fingerprint density at radius 3 is 2.49 bits per heavy atom. The summed E-state index contributed by atoms with van der Waals surface area (Å²) in [5.74, 6) is -0.372. The molecule has 220 valence electrons. The minimum Gasteiger partial charge on any atom is -0.497 e. The predicted molar refractivity (Wildman–Crippen MR) is 155 cm³/mol. The van der Waals surface area contributed by atoms with Crippen molar-refractivity contribution >= 4 is 49.9 Å². The van der Waals surface area contributed by atoms with Gasteiger partial charge in [0, 0.05) is 11.3 Å². The topological polar surface area (TPSA) is 111 Å². The van der Waals surface area contributed by atoms with Crippen molar-refractivity contribution in [1.82, 2.24) is 9.78 Å². The zero-order valence-electron chi connectivity index (χ0n) is 23.0. The van der Waals surface area contributed by atoms with Gasteiger partial charge >= 0.3 is 6.18 Å². The van der Waals surface area contributed by atoms with E-state index in [0.29, 0.717) is 23.7 Å². The normalized spacial score (nSPS) is 20.5. The van der Waals surface area contributed by atoms with E-state index in [-0.39, 0.29) is 38.4 Å². The molecule has 4 N–H and O–H groups in total. The number of anilines is 2. The maximum absolute atomic E-state index is 14.2. The first kappa shape index (κ1) is 29.4. The highest BCUT2D eigenvalue weighted by Crippen LogP contribution is 2.47. The maximum Gasteiger partial charge on any atom is 0.410 e. The number of alkyl halides is 3. The van der Waals surface area contributed by atoms with Crippen molar-refractivity contribution in [3.63, 3.8) is 0 Å². The largest absolute Gasteiger partial charge is 0.497 e. The molecule has 1 aliphatic carbocycles. The summed E-state index contributed by atoms with van der Waals surface area (Å²) in [6.45, 7) is 6.52. The van der Waals surface area contributed by atoms with Gasteiger partial charge in [-0.15, -0.1) is 11.3 Å². The number of halogens is 4. The second-order valence-electron chi connectivity index (χ2n) is 11.6. The van der Waals surface area contributed by atoms with E-state index >= 15 is 0 Å². The number of thiophene rings is 1. The number of primary amides is 1. The Bertz CT molecular complexity index is 1490. The summed E-state index contributed by atoms with van der Waals surface area (Å²) in [6, 6.07) is 4.11. The maximum atomic E-state index is 14.2. The molecule has 0 fully saturated rings. The van der Waals surface area contributed by atoms with Gasteiger partial charge in [0.2, 0.25) is 0 Å². The molecule has 1 aliphatic heterocycles. The monoisotopic (exact) mass is 653 g/mol. The van der Waals surface area contributed by atoms with E-state index < -0.39 is 30.1 Å². The van der Waals surface area contributed by atoms with Crippen LogP contribution >= 0.6 is 27.3 Å². The van der Waals surface area contributed by atoms with Gasteiger partial charge in [-0.3, -0.25) is 9.59 Å². The van der Waals surface area contributed by atoms with Crippen LogP contribution in [0.5, 0.6) is 5.75 Å². The molecule has 2 aromatic heterocycles. The van der Waals surface area contributed by atoms with E-state index in [4.69, 9.17) is 10.5 Å². The van der Waals surface area contributed by atoms with E-state index in [1.54, 1.807) is 24.3 Å². The minimum absolute atomic E-state index is 0.0400. The highest BCUT2D eigenvalue weighted by molar-refractivity contribution is 9.10. The highest BCUT2D eigenvalue weighted by Gasteiger charge is 2.48. The number of nitrogens with two attached hydrogens (primary N) is 1. The van der Waals surface area contributed by atoms with Gasteiger partial charge in [-0.05, 0) is 69.8 Å². The van der Waals surface area contributed by atoms with Crippen LogP contribution in [0.3, 0.4) is 0 Å². The summed E-state index contributed by atoms with van der Waals surface area (Å²) < 4.78 is 48.8. The summed E-state index contributed by atoms with van der Waals surface area (Å²) in [4.78, 5) is 26.9. The number of hydrogen-bond donors (Lipinski definition) is 3. The smallest absolute Gasteiger partial charge is 0.410 e. The van der Waals surface area contributed by atoms with Gasteiger partial charge in [0.05, 0.1) is 23.2 Å². The standard InChI is InChI=1S/C28H31BrF3N5O3S/c1-27(2,3)14-7-10-16-18(11-14)41-26(20(16)23(33)38)35-25(39)22-21(29)24-34-17(13-5-8-15(40-4)9-6-13)12-19(28(30,31)32)37(24)36-22/h5-6,8-9,14,17,19,34H,7,10-12H2,1-4H3,(H2,33,38)(H,35,39)/t14-,17+,19-/m1/s1. The second kappa shape index (κ2) is 10.6. The van der Waals surface area contributed by atoms with Crippen LogP contribution in [0.4, 0.5) is 24.0 Å². The van der Waals surface area contributed by atoms with Crippen LogP contribution in [0.15, 0.2) is 28.7 Å². The second-order valence-corrected chi connectivity index (χ2v) is 13.4. The van der Waals surface area contributed by atoms with Crippen LogP contribution < -0.4 is 21.1 Å². The van der Waals surface area contributed by atoms with E-state index in [9.17, 15) is 22.8 Å². The number of nitrogens with zero attached hydrogens (tertiary/aromatic N) is 2. The fourth-order valence-corrected chi connectivity index (χ4v) is 7.51. The molecular weight excluding hydrogens is 623 g/mol. The van der Waals surface area contributed by atoms with E-state index in [0.717, 1.165) is 28.0 Å². The summed E-state index contributed by atoms with van der Waals surface area (Å²) in [5.41, 5.74) is 7.30. The number of carbonyl (C=O) groups is 2. The van der Waals surface area contributed by atoms with Crippen molar-refractivity contribution in [1.29, 1.82) is 0 Å². The number of carbonyl (C=O) groups excluding carboxylic acids is 2. The number of hydrogen-bond acceptors (Lipinski definition) is 6. The fourth-order valence-electron chi connectivity index (χ4n) is 5.63. The number of methoxy groups -OCH3 is 1. The molecule has 0 saturated heterocycles.